The Kier molecular flexibility index (Phi) is 4.00. The number of carbonyl (C=O) groups excluding carboxylic acids is 1. The average molecular weight is 302 g/mol. The minimum Gasteiger partial charge on any atom is -0.361 e. The van der Waals surface area contributed by atoms with E-state index in [2.05, 4.69) is 33.4 Å². The highest BCUT2D eigenvalue weighted by atomic mass is 16.5. The van der Waals surface area contributed by atoms with Crippen LogP contribution in [0.15, 0.2) is 16.9 Å². The van der Waals surface area contributed by atoms with Crippen molar-refractivity contribution in [3.05, 3.63) is 35.0 Å². The number of rotatable bonds is 3. The van der Waals surface area contributed by atoms with E-state index >= 15 is 0 Å². The molecule has 2 aromatic rings. The molecule has 1 amide bonds. The van der Waals surface area contributed by atoms with Gasteiger partial charge in [0.2, 0.25) is 0 Å². The molecule has 1 N–H and O–H groups in total. The van der Waals surface area contributed by atoms with Crippen LogP contribution in [0.25, 0.3) is 0 Å². The van der Waals surface area contributed by atoms with Crippen LogP contribution in [0, 0.1) is 20.8 Å². The summed E-state index contributed by atoms with van der Waals surface area (Å²) >= 11 is 0. The third kappa shape index (κ3) is 2.91. The summed E-state index contributed by atoms with van der Waals surface area (Å²) in [7, 11) is 0. The Bertz CT molecular complexity index is 646. The molecule has 0 bridgehead atoms. The summed E-state index contributed by atoms with van der Waals surface area (Å²) in [6.07, 6.45) is 8.00. The summed E-state index contributed by atoms with van der Waals surface area (Å²) in [6.45, 7) is 5.62. The van der Waals surface area contributed by atoms with Crippen LogP contribution >= 0.6 is 0 Å². The minimum atomic E-state index is -0.0744. The smallest absolute Gasteiger partial charge is 0.257 e. The molecule has 0 aliphatic heterocycles. The predicted octanol–water partition coefficient (Wildman–Crippen LogP) is 2.71. The van der Waals surface area contributed by atoms with Gasteiger partial charge in [-0.1, -0.05) is 5.16 Å². The number of amides is 1. The van der Waals surface area contributed by atoms with E-state index < -0.39 is 0 Å². The number of carbonyl (C=O) groups is 1. The molecule has 0 saturated heterocycles. The van der Waals surface area contributed by atoms with Gasteiger partial charge in [-0.2, -0.15) is 5.10 Å². The molecule has 1 fully saturated rings. The van der Waals surface area contributed by atoms with Crippen LogP contribution in [-0.4, -0.2) is 26.9 Å². The maximum atomic E-state index is 12.3. The first-order valence-corrected chi connectivity index (χ1v) is 7.79. The van der Waals surface area contributed by atoms with Crippen LogP contribution in [0.3, 0.4) is 0 Å². The van der Waals surface area contributed by atoms with Gasteiger partial charge in [0.05, 0.1) is 17.9 Å². The number of hydrogen-bond donors (Lipinski definition) is 1. The Morgan fingerprint density at radius 3 is 2.55 bits per heavy atom. The van der Waals surface area contributed by atoms with Crippen molar-refractivity contribution in [2.24, 2.45) is 0 Å². The first kappa shape index (κ1) is 14.8. The molecule has 2 heterocycles. The van der Waals surface area contributed by atoms with Gasteiger partial charge in [-0.15, -0.1) is 0 Å². The predicted molar refractivity (Wildman–Crippen MR) is 81.7 cm³/mol. The lowest BCUT2D eigenvalue weighted by molar-refractivity contribution is 0.0919. The fourth-order valence-corrected chi connectivity index (χ4v) is 3.18. The summed E-state index contributed by atoms with van der Waals surface area (Å²) in [5, 5.41) is 11.3. The van der Waals surface area contributed by atoms with E-state index in [-0.39, 0.29) is 11.9 Å². The standard InChI is InChI=1S/C16H22N4O2/c1-10-8-17-20(9-10)14-6-4-13(5-7-14)18-16(21)15-11(2)19-22-12(15)3/h8-9,13-14H,4-7H2,1-3H3,(H,18,21). The molecule has 6 nitrogen and oxygen atoms in total. The number of hydrogen-bond acceptors (Lipinski definition) is 4. The molecule has 0 unspecified atom stereocenters. The van der Waals surface area contributed by atoms with Crippen molar-refractivity contribution in [2.45, 2.75) is 58.5 Å². The lowest BCUT2D eigenvalue weighted by Gasteiger charge is -2.29. The van der Waals surface area contributed by atoms with Crippen LogP contribution < -0.4 is 5.32 Å². The molecule has 1 saturated carbocycles. The van der Waals surface area contributed by atoms with Crippen LogP contribution in [0.5, 0.6) is 0 Å². The summed E-state index contributed by atoms with van der Waals surface area (Å²) in [5.74, 6) is 0.505. The molecule has 0 spiro atoms. The van der Waals surface area contributed by atoms with E-state index in [1.165, 1.54) is 5.56 Å². The molecule has 0 aromatic carbocycles. The average Bonchev–Trinajstić information content (AvgIpc) is 3.06. The van der Waals surface area contributed by atoms with Crippen LogP contribution in [-0.2, 0) is 0 Å². The number of nitrogens with one attached hydrogen (secondary N) is 1. The Hall–Kier alpha value is -2.11. The van der Waals surface area contributed by atoms with Crippen LogP contribution in [0.2, 0.25) is 0 Å². The van der Waals surface area contributed by atoms with Gasteiger partial charge < -0.3 is 9.84 Å². The van der Waals surface area contributed by atoms with Crippen LogP contribution in [0.1, 0.15) is 59.1 Å². The maximum absolute atomic E-state index is 12.3. The molecular weight excluding hydrogens is 280 g/mol. The summed E-state index contributed by atoms with van der Waals surface area (Å²) < 4.78 is 7.12. The van der Waals surface area contributed by atoms with Gasteiger partial charge in [-0.3, -0.25) is 9.48 Å². The van der Waals surface area contributed by atoms with Crippen molar-refractivity contribution in [3.63, 3.8) is 0 Å². The molecule has 0 atom stereocenters. The van der Waals surface area contributed by atoms with Crippen molar-refractivity contribution in [3.8, 4) is 0 Å². The monoisotopic (exact) mass is 302 g/mol. The number of aryl methyl sites for hydroxylation is 3. The molecule has 118 valence electrons. The van der Waals surface area contributed by atoms with Crippen molar-refractivity contribution >= 4 is 5.91 Å². The quantitative estimate of drug-likeness (QED) is 0.946. The van der Waals surface area contributed by atoms with Gasteiger partial charge in [0.1, 0.15) is 11.3 Å². The summed E-state index contributed by atoms with van der Waals surface area (Å²) in [6, 6.07) is 0.662. The second kappa shape index (κ2) is 5.94. The van der Waals surface area contributed by atoms with Gasteiger partial charge in [0, 0.05) is 12.2 Å². The first-order valence-electron chi connectivity index (χ1n) is 7.79. The molecule has 6 heteroatoms. The van der Waals surface area contributed by atoms with Crippen molar-refractivity contribution < 1.29 is 9.32 Å². The van der Waals surface area contributed by atoms with E-state index in [9.17, 15) is 4.79 Å². The van der Waals surface area contributed by atoms with Gasteiger partial charge in [-0.25, -0.2) is 0 Å². The van der Waals surface area contributed by atoms with Crippen LogP contribution in [0.4, 0.5) is 0 Å². The molecule has 3 rings (SSSR count). The Morgan fingerprint density at radius 1 is 1.27 bits per heavy atom. The molecule has 2 aromatic heterocycles. The van der Waals surface area contributed by atoms with Gasteiger partial charge >= 0.3 is 0 Å². The zero-order chi connectivity index (χ0) is 15.7. The lowest BCUT2D eigenvalue weighted by atomic mass is 9.91. The van der Waals surface area contributed by atoms with E-state index in [0.717, 1.165) is 25.7 Å². The molecule has 1 aliphatic carbocycles. The molecule has 1 aliphatic rings. The molecule has 22 heavy (non-hydrogen) atoms. The third-order valence-electron chi connectivity index (χ3n) is 4.40. The highest BCUT2D eigenvalue weighted by Crippen LogP contribution is 2.28. The van der Waals surface area contributed by atoms with Crippen molar-refractivity contribution in [2.75, 3.05) is 0 Å². The summed E-state index contributed by atoms with van der Waals surface area (Å²) in [5.41, 5.74) is 2.41. The zero-order valence-electron chi connectivity index (χ0n) is 13.3. The van der Waals surface area contributed by atoms with E-state index in [1.807, 2.05) is 6.20 Å². The molecular formula is C16H22N4O2. The van der Waals surface area contributed by atoms with Crippen molar-refractivity contribution in [1.82, 2.24) is 20.3 Å². The highest BCUT2D eigenvalue weighted by Gasteiger charge is 2.26. The van der Waals surface area contributed by atoms with E-state index in [0.29, 0.717) is 23.1 Å². The minimum absolute atomic E-state index is 0.0744. The maximum Gasteiger partial charge on any atom is 0.257 e. The Morgan fingerprint density at radius 2 is 2.00 bits per heavy atom. The lowest BCUT2D eigenvalue weighted by Crippen LogP contribution is -2.38. The second-order valence-corrected chi connectivity index (χ2v) is 6.18. The van der Waals surface area contributed by atoms with Gasteiger partial charge in [0.25, 0.3) is 5.91 Å². The largest absolute Gasteiger partial charge is 0.361 e. The van der Waals surface area contributed by atoms with Crippen molar-refractivity contribution in [1.29, 1.82) is 0 Å². The fourth-order valence-electron chi connectivity index (χ4n) is 3.18. The van der Waals surface area contributed by atoms with Gasteiger partial charge in [-0.05, 0) is 52.0 Å². The Labute approximate surface area is 129 Å². The second-order valence-electron chi connectivity index (χ2n) is 6.18. The fraction of sp³-hybridized carbons (Fsp3) is 0.562. The summed E-state index contributed by atoms with van der Waals surface area (Å²) in [4.78, 5) is 12.3. The van der Waals surface area contributed by atoms with E-state index in [1.54, 1.807) is 13.8 Å². The highest BCUT2D eigenvalue weighted by molar-refractivity contribution is 5.96. The number of nitrogens with zero attached hydrogens (tertiary/aromatic N) is 3. The third-order valence-corrected chi connectivity index (χ3v) is 4.40. The zero-order valence-corrected chi connectivity index (χ0v) is 13.3. The molecule has 0 radical (unpaired) electrons. The van der Waals surface area contributed by atoms with Gasteiger partial charge in [0.15, 0.2) is 0 Å². The Balaban J connectivity index is 1.57. The topological polar surface area (TPSA) is 73.0 Å². The number of aromatic nitrogens is 3. The first-order chi connectivity index (χ1) is 10.5. The normalized spacial score (nSPS) is 21.8. The SMILES string of the molecule is Cc1cnn(C2CCC(NC(=O)c3c(C)noc3C)CC2)c1. The van der Waals surface area contributed by atoms with E-state index in [4.69, 9.17) is 4.52 Å².